The van der Waals surface area contributed by atoms with Gasteiger partial charge in [0, 0.05) is 35.2 Å². The SMILES string of the molecule is Cc1cccc2sc(N(CCN(C)C)C(=O)CCSc3ccc(Cl)cc3)nc12.Cl. The fraction of sp³-hybridized carbons (Fsp3) is 0.333. The summed E-state index contributed by atoms with van der Waals surface area (Å²) in [5, 5.41) is 1.51. The maximum atomic E-state index is 13.0. The van der Waals surface area contributed by atoms with Crippen molar-refractivity contribution in [1.29, 1.82) is 0 Å². The van der Waals surface area contributed by atoms with Gasteiger partial charge in [-0.3, -0.25) is 9.69 Å². The Morgan fingerprint density at radius 2 is 1.86 bits per heavy atom. The van der Waals surface area contributed by atoms with E-state index < -0.39 is 0 Å². The predicted molar refractivity (Wildman–Crippen MR) is 129 cm³/mol. The molecule has 0 N–H and O–H groups in total. The average Bonchev–Trinajstić information content (AvgIpc) is 3.08. The Labute approximate surface area is 191 Å². The van der Waals surface area contributed by atoms with Crippen LogP contribution in [-0.2, 0) is 4.79 Å². The molecule has 0 radical (unpaired) electrons. The van der Waals surface area contributed by atoms with Crippen molar-refractivity contribution in [3.05, 3.63) is 53.1 Å². The second kappa shape index (κ2) is 11.2. The molecule has 0 unspecified atom stereocenters. The van der Waals surface area contributed by atoms with Gasteiger partial charge in [-0.1, -0.05) is 35.1 Å². The Hall–Kier alpha value is -1.31. The first-order valence-corrected chi connectivity index (χ1v) is 11.3. The third-order valence-electron chi connectivity index (χ3n) is 4.31. The van der Waals surface area contributed by atoms with Crippen molar-refractivity contribution in [2.24, 2.45) is 0 Å². The minimum Gasteiger partial charge on any atom is -0.308 e. The second-order valence-electron chi connectivity index (χ2n) is 6.82. The number of aromatic nitrogens is 1. The molecule has 0 saturated heterocycles. The number of thiazole rings is 1. The molecule has 3 aromatic rings. The van der Waals surface area contributed by atoms with E-state index in [2.05, 4.69) is 24.0 Å². The van der Waals surface area contributed by atoms with Crippen LogP contribution in [0.3, 0.4) is 0 Å². The van der Waals surface area contributed by atoms with Gasteiger partial charge in [-0.15, -0.1) is 24.2 Å². The summed E-state index contributed by atoms with van der Waals surface area (Å²) in [5.74, 6) is 0.836. The number of benzene rings is 2. The van der Waals surface area contributed by atoms with E-state index in [0.29, 0.717) is 13.0 Å². The van der Waals surface area contributed by atoms with E-state index in [9.17, 15) is 4.79 Å². The summed E-state index contributed by atoms with van der Waals surface area (Å²) in [6.07, 6.45) is 0.468. The minimum atomic E-state index is 0. The van der Waals surface area contributed by atoms with Crippen molar-refractivity contribution in [2.75, 3.05) is 37.8 Å². The summed E-state index contributed by atoms with van der Waals surface area (Å²) in [6, 6.07) is 13.9. The lowest BCUT2D eigenvalue weighted by Gasteiger charge is -2.22. The molecule has 2 aromatic carbocycles. The number of nitrogens with zero attached hydrogens (tertiary/aromatic N) is 3. The maximum absolute atomic E-state index is 13.0. The number of para-hydroxylation sites is 1. The number of carbonyl (C=O) groups is 1. The first-order chi connectivity index (χ1) is 13.4. The molecule has 0 spiro atoms. The van der Waals surface area contributed by atoms with Crippen LogP contribution in [0.1, 0.15) is 12.0 Å². The molecule has 0 aliphatic rings. The number of amides is 1. The highest BCUT2D eigenvalue weighted by Gasteiger charge is 2.20. The molecule has 0 fully saturated rings. The molecule has 1 amide bonds. The van der Waals surface area contributed by atoms with E-state index >= 15 is 0 Å². The molecule has 4 nitrogen and oxygen atoms in total. The van der Waals surface area contributed by atoms with Gasteiger partial charge in [0.05, 0.1) is 10.2 Å². The highest BCUT2D eigenvalue weighted by atomic mass is 35.5. The Balaban J connectivity index is 0.00000300. The average molecular weight is 470 g/mol. The van der Waals surface area contributed by atoms with E-state index in [1.54, 1.807) is 23.1 Å². The van der Waals surface area contributed by atoms with Crippen LogP contribution in [-0.4, -0.2) is 48.7 Å². The van der Waals surface area contributed by atoms with Gasteiger partial charge >= 0.3 is 0 Å². The minimum absolute atomic E-state index is 0. The second-order valence-corrected chi connectivity index (χ2v) is 9.43. The molecule has 29 heavy (non-hydrogen) atoms. The smallest absolute Gasteiger partial charge is 0.229 e. The normalized spacial score (nSPS) is 10.9. The molecular formula is C21H25Cl2N3OS2. The quantitative estimate of drug-likeness (QED) is 0.393. The summed E-state index contributed by atoms with van der Waals surface area (Å²) in [5.41, 5.74) is 2.12. The van der Waals surface area contributed by atoms with Crippen LogP contribution in [0, 0.1) is 6.92 Å². The van der Waals surface area contributed by atoms with E-state index in [1.165, 1.54) is 0 Å². The molecule has 1 heterocycles. The number of halogens is 2. The van der Waals surface area contributed by atoms with Gasteiger partial charge in [-0.25, -0.2) is 4.98 Å². The lowest BCUT2D eigenvalue weighted by molar-refractivity contribution is -0.118. The summed E-state index contributed by atoms with van der Waals surface area (Å²) < 4.78 is 1.12. The lowest BCUT2D eigenvalue weighted by Crippen LogP contribution is -2.36. The van der Waals surface area contributed by atoms with E-state index in [4.69, 9.17) is 16.6 Å². The first-order valence-electron chi connectivity index (χ1n) is 9.13. The molecule has 0 aliphatic heterocycles. The monoisotopic (exact) mass is 469 g/mol. The number of fused-ring (bicyclic) bond motifs is 1. The van der Waals surface area contributed by atoms with Crippen LogP contribution in [0.4, 0.5) is 5.13 Å². The summed E-state index contributed by atoms with van der Waals surface area (Å²) in [6.45, 7) is 3.49. The predicted octanol–water partition coefficient (Wildman–Crippen LogP) is 5.76. The first kappa shape index (κ1) is 24.0. The van der Waals surface area contributed by atoms with Gasteiger partial charge in [0.25, 0.3) is 0 Å². The van der Waals surface area contributed by atoms with E-state index in [1.807, 2.05) is 49.3 Å². The van der Waals surface area contributed by atoms with Gasteiger partial charge in [0.1, 0.15) is 0 Å². The molecular weight excluding hydrogens is 445 g/mol. The lowest BCUT2D eigenvalue weighted by atomic mass is 10.2. The van der Waals surface area contributed by atoms with Gasteiger partial charge in [-0.05, 0) is 56.9 Å². The van der Waals surface area contributed by atoms with Gasteiger partial charge < -0.3 is 4.90 Å². The molecule has 0 bridgehead atoms. The third-order valence-corrected chi connectivity index (χ3v) is 6.62. The molecule has 3 rings (SSSR count). The van der Waals surface area contributed by atoms with Crippen LogP contribution in [0.2, 0.25) is 5.02 Å². The van der Waals surface area contributed by atoms with Crippen molar-refractivity contribution in [1.82, 2.24) is 9.88 Å². The summed E-state index contributed by atoms with van der Waals surface area (Å²) in [4.78, 5) is 22.8. The Morgan fingerprint density at radius 1 is 1.14 bits per heavy atom. The molecule has 156 valence electrons. The van der Waals surface area contributed by atoms with Crippen LogP contribution in [0.25, 0.3) is 10.2 Å². The zero-order chi connectivity index (χ0) is 20.1. The highest BCUT2D eigenvalue weighted by molar-refractivity contribution is 7.99. The Bertz CT molecular complexity index is 945. The fourth-order valence-corrected chi connectivity index (χ4v) is 4.79. The number of hydrogen-bond acceptors (Lipinski definition) is 5. The van der Waals surface area contributed by atoms with E-state index in [-0.39, 0.29) is 18.3 Å². The molecule has 0 atom stereocenters. The van der Waals surface area contributed by atoms with E-state index in [0.717, 1.165) is 43.1 Å². The van der Waals surface area contributed by atoms with Crippen molar-refractivity contribution >= 4 is 68.4 Å². The zero-order valence-electron chi connectivity index (χ0n) is 16.7. The van der Waals surface area contributed by atoms with Crippen LogP contribution >= 0.6 is 47.1 Å². The van der Waals surface area contributed by atoms with Crippen LogP contribution in [0.15, 0.2) is 47.4 Å². The molecule has 1 aromatic heterocycles. The van der Waals surface area contributed by atoms with Crippen LogP contribution < -0.4 is 4.90 Å². The molecule has 0 saturated carbocycles. The van der Waals surface area contributed by atoms with Gasteiger partial charge in [0.15, 0.2) is 5.13 Å². The Kier molecular flexibility index (Phi) is 9.24. The van der Waals surface area contributed by atoms with Crippen molar-refractivity contribution in [3.8, 4) is 0 Å². The maximum Gasteiger partial charge on any atom is 0.229 e. The van der Waals surface area contributed by atoms with Crippen molar-refractivity contribution in [3.63, 3.8) is 0 Å². The molecule has 0 aliphatic carbocycles. The topological polar surface area (TPSA) is 36.4 Å². The highest BCUT2D eigenvalue weighted by Crippen LogP contribution is 2.31. The van der Waals surface area contributed by atoms with Crippen molar-refractivity contribution in [2.45, 2.75) is 18.2 Å². The van der Waals surface area contributed by atoms with Crippen LogP contribution in [0.5, 0.6) is 0 Å². The molecule has 8 heteroatoms. The third kappa shape index (κ3) is 6.59. The largest absolute Gasteiger partial charge is 0.308 e. The number of carbonyl (C=O) groups excluding carboxylic acids is 1. The zero-order valence-corrected chi connectivity index (χ0v) is 19.9. The number of likely N-dealkylation sites (N-methyl/N-ethyl adjacent to an activating group) is 1. The summed E-state index contributed by atoms with van der Waals surface area (Å²) in [7, 11) is 4.03. The van der Waals surface area contributed by atoms with Gasteiger partial charge in [-0.2, -0.15) is 0 Å². The number of hydrogen-bond donors (Lipinski definition) is 0. The fourth-order valence-electron chi connectivity index (χ4n) is 2.74. The summed E-state index contributed by atoms with van der Waals surface area (Å²) >= 11 is 9.18. The number of anilines is 1. The van der Waals surface area contributed by atoms with Crippen molar-refractivity contribution < 1.29 is 4.79 Å². The number of thioether (sulfide) groups is 1. The number of aryl methyl sites for hydroxylation is 1. The number of rotatable bonds is 8. The standard InChI is InChI=1S/C21H24ClN3OS2.ClH/c1-15-5-4-6-18-20(15)23-21(28-18)25(13-12-24(2)3)19(26)11-14-27-17-9-7-16(22)8-10-17;/h4-10H,11-14H2,1-3H3;1H. The Morgan fingerprint density at radius 3 is 2.52 bits per heavy atom. The van der Waals surface area contributed by atoms with Gasteiger partial charge in [0.2, 0.25) is 5.91 Å².